The van der Waals surface area contributed by atoms with Crippen molar-refractivity contribution in [1.29, 1.82) is 0 Å². The Hall–Kier alpha value is -1.57. The number of benzene rings is 1. The van der Waals surface area contributed by atoms with E-state index in [0.717, 1.165) is 65.3 Å². The van der Waals surface area contributed by atoms with Gasteiger partial charge in [-0.3, -0.25) is 14.5 Å². The summed E-state index contributed by atoms with van der Waals surface area (Å²) >= 11 is 1.94. The predicted octanol–water partition coefficient (Wildman–Crippen LogP) is 2.65. The third-order valence-corrected chi connectivity index (χ3v) is 8.07. The van der Waals surface area contributed by atoms with Gasteiger partial charge in [0.05, 0.1) is 19.1 Å². The fourth-order valence-corrected chi connectivity index (χ4v) is 5.81. The van der Waals surface area contributed by atoms with E-state index in [4.69, 9.17) is 4.74 Å². The van der Waals surface area contributed by atoms with Crippen LogP contribution < -0.4 is 0 Å². The number of hydrogen-bond donors (Lipinski definition) is 0. The van der Waals surface area contributed by atoms with E-state index in [-0.39, 0.29) is 17.7 Å². The van der Waals surface area contributed by atoms with Crippen molar-refractivity contribution in [2.45, 2.75) is 42.8 Å². The summed E-state index contributed by atoms with van der Waals surface area (Å²) in [6.45, 7) is 9.36. The van der Waals surface area contributed by atoms with E-state index >= 15 is 0 Å². The standard InChI is InChI=1S/C24H35N3O3S/c1-19-2-5-21(6-3-19)31-22-8-10-26(11-9-22)24(29)20-4-7-23(28)27(18-20)13-12-25-14-16-30-17-15-25/h2-3,5-6,20,22H,4,7-18H2,1H3/t20-/m0/s1. The van der Waals surface area contributed by atoms with Crippen LogP contribution in [0, 0.1) is 12.8 Å². The van der Waals surface area contributed by atoms with Gasteiger partial charge >= 0.3 is 0 Å². The molecule has 0 saturated carbocycles. The van der Waals surface area contributed by atoms with Crippen LogP contribution in [-0.4, -0.2) is 90.8 Å². The molecule has 3 aliphatic heterocycles. The van der Waals surface area contributed by atoms with E-state index in [9.17, 15) is 9.59 Å². The molecule has 1 aromatic carbocycles. The Bertz CT molecular complexity index is 743. The van der Waals surface area contributed by atoms with Crippen LogP contribution in [0.25, 0.3) is 0 Å². The molecule has 3 heterocycles. The molecule has 31 heavy (non-hydrogen) atoms. The molecule has 0 spiro atoms. The fraction of sp³-hybridized carbons (Fsp3) is 0.667. The number of carbonyl (C=O) groups excluding carboxylic acids is 2. The Balaban J connectivity index is 1.23. The summed E-state index contributed by atoms with van der Waals surface area (Å²) in [6.07, 6.45) is 3.27. The molecule has 0 unspecified atom stereocenters. The van der Waals surface area contributed by atoms with Crippen molar-refractivity contribution in [2.75, 3.05) is 59.0 Å². The van der Waals surface area contributed by atoms with Crippen LogP contribution >= 0.6 is 11.8 Å². The van der Waals surface area contributed by atoms with Crippen LogP contribution in [0.1, 0.15) is 31.2 Å². The first-order chi connectivity index (χ1) is 15.1. The summed E-state index contributed by atoms with van der Waals surface area (Å²) in [5.41, 5.74) is 1.29. The molecule has 3 saturated heterocycles. The number of carbonyl (C=O) groups is 2. The highest BCUT2D eigenvalue weighted by molar-refractivity contribution is 8.00. The summed E-state index contributed by atoms with van der Waals surface area (Å²) in [5, 5.41) is 0.574. The molecule has 170 valence electrons. The predicted molar refractivity (Wildman–Crippen MR) is 123 cm³/mol. The average Bonchev–Trinajstić information content (AvgIpc) is 2.81. The van der Waals surface area contributed by atoms with Gasteiger partial charge in [-0.25, -0.2) is 0 Å². The Labute approximate surface area is 190 Å². The second-order valence-electron chi connectivity index (χ2n) is 8.98. The first-order valence-corrected chi connectivity index (χ1v) is 12.6. The van der Waals surface area contributed by atoms with Crippen LogP contribution in [0.3, 0.4) is 0 Å². The van der Waals surface area contributed by atoms with Crippen molar-refractivity contribution in [1.82, 2.24) is 14.7 Å². The average molecular weight is 446 g/mol. The van der Waals surface area contributed by atoms with Crippen LogP contribution in [0.2, 0.25) is 0 Å². The molecular weight excluding hydrogens is 410 g/mol. The Morgan fingerprint density at radius 3 is 2.45 bits per heavy atom. The molecule has 4 rings (SSSR count). The number of piperidine rings is 2. The van der Waals surface area contributed by atoms with E-state index in [1.165, 1.54) is 10.5 Å². The summed E-state index contributed by atoms with van der Waals surface area (Å²) in [5.74, 6) is 0.414. The zero-order chi connectivity index (χ0) is 21.6. The van der Waals surface area contributed by atoms with Crippen molar-refractivity contribution in [2.24, 2.45) is 5.92 Å². The van der Waals surface area contributed by atoms with Crippen LogP contribution in [0.15, 0.2) is 29.2 Å². The first-order valence-electron chi connectivity index (χ1n) is 11.7. The lowest BCUT2D eigenvalue weighted by atomic mass is 9.95. The van der Waals surface area contributed by atoms with Crippen LogP contribution in [-0.2, 0) is 14.3 Å². The van der Waals surface area contributed by atoms with Gasteiger partial charge in [-0.15, -0.1) is 11.8 Å². The third kappa shape index (κ3) is 6.24. The van der Waals surface area contributed by atoms with Gasteiger partial charge < -0.3 is 14.5 Å². The van der Waals surface area contributed by atoms with E-state index in [1.807, 2.05) is 21.6 Å². The van der Waals surface area contributed by atoms with Crippen molar-refractivity contribution < 1.29 is 14.3 Å². The second kappa shape index (κ2) is 10.8. The Morgan fingerprint density at radius 2 is 1.74 bits per heavy atom. The molecule has 1 aromatic rings. The van der Waals surface area contributed by atoms with Gasteiger partial charge in [0, 0.05) is 62.4 Å². The van der Waals surface area contributed by atoms with Gasteiger partial charge in [-0.05, 0) is 38.3 Å². The third-order valence-electron chi connectivity index (χ3n) is 6.72. The van der Waals surface area contributed by atoms with Crippen molar-refractivity contribution in [3.8, 4) is 0 Å². The summed E-state index contributed by atoms with van der Waals surface area (Å²) in [6, 6.07) is 8.72. The zero-order valence-corrected chi connectivity index (χ0v) is 19.4. The molecule has 2 amide bonds. The molecular formula is C24H35N3O3S. The first kappa shape index (κ1) is 22.6. The van der Waals surface area contributed by atoms with Crippen LogP contribution in [0.5, 0.6) is 0 Å². The molecule has 7 heteroatoms. The highest BCUT2D eigenvalue weighted by Crippen LogP contribution is 2.31. The molecule has 0 N–H and O–H groups in total. The largest absolute Gasteiger partial charge is 0.379 e. The summed E-state index contributed by atoms with van der Waals surface area (Å²) < 4.78 is 5.40. The van der Waals surface area contributed by atoms with E-state index in [1.54, 1.807) is 0 Å². The maximum atomic E-state index is 13.2. The van der Waals surface area contributed by atoms with E-state index < -0.39 is 0 Å². The van der Waals surface area contributed by atoms with Gasteiger partial charge in [-0.1, -0.05) is 17.7 Å². The number of morpholine rings is 1. The quantitative estimate of drug-likeness (QED) is 0.674. The molecule has 0 aromatic heterocycles. The fourth-order valence-electron chi connectivity index (χ4n) is 4.68. The van der Waals surface area contributed by atoms with E-state index in [2.05, 4.69) is 36.1 Å². The minimum atomic E-state index is -0.0382. The molecule has 0 bridgehead atoms. The van der Waals surface area contributed by atoms with Gasteiger partial charge in [0.1, 0.15) is 0 Å². The summed E-state index contributed by atoms with van der Waals surface area (Å²) in [4.78, 5) is 33.2. The normalized spacial score (nSPS) is 23.9. The number of hydrogen-bond acceptors (Lipinski definition) is 5. The van der Waals surface area contributed by atoms with Crippen LogP contribution in [0.4, 0.5) is 0 Å². The maximum Gasteiger partial charge on any atom is 0.227 e. The van der Waals surface area contributed by atoms with E-state index in [0.29, 0.717) is 24.6 Å². The van der Waals surface area contributed by atoms with Crippen molar-refractivity contribution in [3.05, 3.63) is 29.8 Å². The van der Waals surface area contributed by atoms with Gasteiger partial charge in [0.2, 0.25) is 11.8 Å². The monoisotopic (exact) mass is 445 g/mol. The summed E-state index contributed by atoms with van der Waals surface area (Å²) in [7, 11) is 0. The molecule has 6 nitrogen and oxygen atoms in total. The topological polar surface area (TPSA) is 53.1 Å². The smallest absolute Gasteiger partial charge is 0.227 e. The van der Waals surface area contributed by atoms with Crippen molar-refractivity contribution in [3.63, 3.8) is 0 Å². The zero-order valence-electron chi connectivity index (χ0n) is 18.6. The number of rotatable bonds is 6. The van der Waals surface area contributed by atoms with Gasteiger partial charge in [-0.2, -0.15) is 0 Å². The minimum absolute atomic E-state index is 0.0382. The number of likely N-dealkylation sites (tertiary alicyclic amines) is 2. The number of amides is 2. The number of aryl methyl sites for hydroxylation is 1. The molecule has 0 radical (unpaired) electrons. The SMILES string of the molecule is Cc1ccc(SC2CCN(C(=O)[C@H]3CCC(=O)N(CCN4CCOCC4)C3)CC2)cc1. The highest BCUT2D eigenvalue weighted by Gasteiger charge is 2.34. The molecule has 1 atom stereocenters. The lowest BCUT2D eigenvalue weighted by Gasteiger charge is -2.38. The number of ether oxygens (including phenoxy) is 1. The highest BCUT2D eigenvalue weighted by atomic mass is 32.2. The van der Waals surface area contributed by atoms with Crippen molar-refractivity contribution >= 4 is 23.6 Å². The minimum Gasteiger partial charge on any atom is -0.379 e. The number of thioether (sulfide) groups is 1. The van der Waals surface area contributed by atoms with Gasteiger partial charge in [0.25, 0.3) is 0 Å². The Morgan fingerprint density at radius 1 is 1.03 bits per heavy atom. The molecule has 3 fully saturated rings. The Kier molecular flexibility index (Phi) is 7.91. The number of nitrogens with zero attached hydrogens (tertiary/aromatic N) is 3. The molecule has 3 aliphatic rings. The van der Waals surface area contributed by atoms with Gasteiger partial charge in [0.15, 0.2) is 0 Å². The maximum absolute atomic E-state index is 13.2. The lowest BCUT2D eigenvalue weighted by molar-refractivity contribution is -0.143. The molecule has 0 aliphatic carbocycles. The second-order valence-corrected chi connectivity index (χ2v) is 10.4. The lowest BCUT2D eigenvalue weighted by Crippen LogP contribution is -2.51.